The fourth-order valence-corrected chi connectivity index (χ4v) is 2.49. The van der Waals surface area contributed by atoms with Crippen molar-refractivity contribution in [2.75, 3.05) is 5.73 Å². The van der Waals surface area contributed by atoms with Crippen LogP contribution in [0, 0.1) is 32.1 Å². The predicted molar refractivity (Wildman–Crippen MR) is 87.9 cm³/mol. The molecule has 0 aliphatic rings. The van der Waals surface area contributed by atoms with E-state index in [1.807, 2.05) is 25.1 Å². The van der Waals surface area contributed by atoms with Crippen molar-refractivity contribution < 1.29 is 0 Å². The summed E-state index contributed by atoms with van der Waals surface area (Å²) in [5.74, 6) is 0.601. The summed E-state index contributed by atoms with van der Waals surface area (Å²) in [4.78, 5) is 8.96. The Morgan fingerprint density at radius 2 is 1.91 bits per heavy atom. The Bertz CT molecular complexity index is 933. The lowest BCUT2D eigenvalue weighted by molar-refractivity contribution is 0.812. The minimum Gasteiger partial charge on any atom is -0.382 e. The Kier molecular flexibility index (Phi) is 3.54. The minimum atomic E-state index is 0.240. The summed E-state index contributed by atoms with van der Waals surface area (Å²) in [6, 6.07) is 10.1. The first-order valence-corrected chi connectivity index (χ1v) is 7.17. The number of hydrogen-bond donors (Lipinski definition) is 1. The highest BCUT2D eigenvalue weighted by molar-refractivity contribution is 5.65. The summed E-state index contributed by atoms with van der Waals surface area (Å²) in [5.41, 5.74) is 11.2. The molecule has 6 heteroatoms. The number of nitrogen functional groups attached to an aromatic ring is 1. The third kappa shape index (κ3) is 2.64. The standard InChI is InChI=1S/C17H16N6/c1-10-4-5-14(11(2)6-10)15-7-12(3)21-17(22-15)23-16(19)13(8-18)9-20-23/h4-7,9H,19H2,1-3H3. The average molecular weight is 304 g/mol. The van der Waals surface area contributed by atoms with E-state index in [0.717, 1.165) is 22.5 Å². The molecule has 0 unspecified atom stereocenters. The first kappa shape index (κ1) is 14.7. The molecule has 114 valence electrons. The van der Waals surface area contributed by atoms with E-state index >= 15 is 0 Å². The smallest absolute Gasteiger partial charge is 0.253 e. The number of nitrogens with two attached hydrogens (primary N) is 1. The highest BCUT2D eigenvalue weighted by Gasteiger charge is 2.13. The number of aromatic nitrogens is 4. The van der Waals surface area contributed by atoms with Crippen LogP contribution < -0.4 is 5.73 Å². The third-order valence-electron chi connectivity index (χ3n) is 3.62. The van der Waals surface area contributed by atoms with Gasteiger partial charge < -0.3 is 5.73 Å². The van der Waals surface area contributed by atoms with Crippen LogP contribution in [0.2, 0.25) is 0 Å². The van der Waals surface area contributed by atoms with E-state index in [9.17, 15) is 0 Å². The first-order valence-electron chi connectivity index (χ1n) is 7.17. The van der Waals surface area contributed by atoms with E-state index < -0.39 is 0 Å². The number of rotatable bonds is 2. The quantitative estimate of drug-likeness (QED) is 0.785. The maximum Gasteiger partial charge on any atom is 0.253 e. The van der Waals surface area contributed by atoms with Crippen LogP contribution in [0.5, 0.6) is 0 Å². The van der Waals surface area contributed by atoms with Crippen LogP contribution in [-0.4, -0.2) is 19.7 Å². The van der Waals surface area contributed by atoms with E-state index in [1.54, 1.807) is 0 Å². The summed E-state index contributed by atoms with van der Waals surface area (Å²) in [7, 11) is 0. The van der Waals surface area contributed by atoms with Gasteiger partial charge in [0.2, 0.25) is 0 Å². The van der Waals surface area contributed by atoms with Gasteiger partial charge >= 0.3 is 0 Å². The number of aryl methyl sites for hydroxylation is 3. The molecule has 0 saturated heterocycles. The lowest BCUT2D eigenvalue weighted by Gasteiger charge is -2.10. The van der Waals surface area contributed by atoms with E-state index in [-0.39, 0.29) is 5.82 Å². The Hall–Kier alpha value is -3.20. The van der Waals surface area contributed by atoms with Crippen molar-refractivity contribution in [3.05, 3.63) is 52.8 Å². The highest BCUT2D eigenvalue weighted by Crippen LogP contribution is 2.24. The van der Waals surface area contributed by atoms with Gasteiger partial charge in [0.05, 0.1) is 11.9 Å². The summed E-state index contributed by atoms with van der Waals surface area (Å²) in [6.07, 6.45) is 1.41. The molecule has 3 rings (SSSR count). The molecule has 0 saturated carbocycles. The van der Waals surface area contributed by atoms with Gasteiger partial charge in [-0.25, -0.2) is 9.97 Å². The van der Waals surface area contributed by atoms with Crippen molar-refractivity contribution in [1.29, 1.82) is 5.26 Å². The van der Waals surface area contributed by atoms with Gasteiger partial charge in [0.25, 0.3) is 5.95 Å². The fraction of sp³-hybridized carbons (Fsp3) is 0.176. The molecule has 2 aromatic heterocycles. The van der Waals surface area contributed by atoms with Crippen LogP contribution in [0.25, 0.3) is 17.2 Å². The van der Waals surface area contributed by atoms with Crippen LogP contribution in [-0.2, 0) is 0 Å². The fourth-order valence-electron chi connectivity index (χ4n) is 2.49. The van der Waals surface area contributed by atoms with Gasteiger partial charge in [-0.1, -0.05) is 23.8 Å². The summed E-state index contributed by atoms with van der Waals surface area (Å²) in [6.45, 7) is 6.00. The first-order chi connectivity index (χ1) is 11.0. The molecule has 3 aromatic rings. The van der Waals surface area contributed by atoms with E-state index in [2.05, 4.69) is 41.0 Å². The molecule has 0 atom stereocenters. The molecule has 1 aromatic carbocycles. The molecule has 0 amide bonds. The summed E-state index contributed by atoms with van der Waals surface area (Å²) in [5, 5.41) is 13.1. The zero-order valence-corrected chi connectivity index (χ0v) is 13.2. The number of nitriles is 1. The molecule has 0 aliphatic carbocycles. The van der Waals surface area contributed by atoms with Crippen LogP contribution in [0.3, 0.4) is 0 Å². The van der Waals surface area contributed by atoms with E-state index in [1.165, 1.54) is 16.4 Å². The minimum absolute atomic E-state index is 0.240. The van der Waals surface area contributed by atoms with Crippen molar-refractivity contribution >= 4 is 5.82 Å². The van der Waals surface area contributed by atoms with Gasteiger partial charge in [0, 0.05) is 11.3 Å². The van der Waals surface area contributed by atoms with Crippen molar-refractivity contribution in [3.8, 4) is 23.3 Å². The zero-order valence-electron chi connectivity index (χ0n) is 13.2. The monoisotopic (exact) mass is 304 g/mol. The van der Waals surface area contributed by atoms with Crippen LogP contribution in [0.1, 0.15) is 22.4 Å². The zero-order chi connectivity index (χ0) is 16.6. The summed E-state index contributed by atoms with van der Waals surface area (Å²) < 4.78 is 1.39. The lowest BCUT2D eigenvalue weighted by atomic mass is 10.0. The second kappa shape index (κ2) is 5.54. The molecule has 23 heavy (non-hydrogen) atoms. The van der Waals surface area contributed by atoms with Crippen LogP contribution >= 0.6 is 0 Å². The number of anilines is 1. The van der Waals surface area contributed by atoms with E-state index in [0.29, 0.717) is 11.5 Å². The molecule has 0 radical (unpaired) electrons. The number of hydrogen-bond acceptors (Lipinski definition) is 5. The van der Waals surface area contributed by atoms with Crippen molar-refractivity contribution in [1.82, 2.24) is 19.7 Å². The van der Waals surface area contributed by atoms with Crippen LogP contribution in [0.4, 0.5) is 5.82 Å². The second-order valence-corrected chi connectivity index (χ2v) is 5.48. The lowest BCUT2D eigenvalue weighted by Crippen LogP contribution is -2.08. The SMILES string of the molecule is Cc1ccc(-c2cc(C)nc(-n3ncc(C#N)c3N)n2)c(C)c1. The maximum atomic E-state index is 9.00. The molecular formula is C17H16N6. The molecule has 2 N–H and O–H groups in total. The predicted octanol–water partition coefficient (Wildman–Crippen LogP) is 2.71. The topological polar surface area (TPSA) is 93.4 Å². The summed E-state index contributed by atoms with van der Waals surface area (Å²) >= 11 is 0. The molecule has 0 spiro atoms. The third-order valence-corrected chi connectivity index (χ3v) is 3.62. The molecule has 0 aliphatic heterocycles. The molecule has 2 heterocycles. The number of nitrogens with zero attached hydrogens (tertiary/aromatic N) is 5. The Balaban J connectivity index is 2.16. The Labute approximate surface area is 134 Å². The van der Waals surface area contributed by atoms with Gasteiger partial charge in [0.15, 0.2) is 0 Å². The second-order valence-electron chi connectivity index (χ2n) is 5.48. The van der Waals surface area contributed by atoms with Crippen molar-refractivity contribution in [2.45, 2.75) is 20.8 Å². The molecule has 0 bridgehead atoms. The van der Waals surface area contributed by atoms with Gasteiger partial charge in [-0.05, 0) is 32.4 Å². The Morgan fingerprint density at radius 1 is 1.13 bits per heavy atom. The van der Waals surface area contributed by atoms with Crippen molar-refractivity contribution in [3.63, 3.8) is 0 Å². The highest BCUT2D eigenvalue weighted by atomic mass is 15.4. The number of benzene rings is 1. The average Bonchev–Trinajstić information content (AvgIpc) is 2.87. The molecule has 6 nitrogen and oxygen atoms in total. The normalized spacial score (nSPS) is 10.5. The maximum absolute atomic E-state index is 9.00. The van der Waals surface area contributed by atoms with Gasteiger partial charge in [0.1, 0.15) is 17.5 Å². The largest absolute Gasteiger partial charge is 0.382 e. The van der Waals surface area contributed by atoms with Crippen molar-refractivity contribution in [2.24, 2.45) is 0 Å². The molecule has 0 fully saturated rings. The van der Waals surface area contributed by atoms with Gasteiger partial charge in [-0.3, -0.25) is 0 Å². The van der Waals surface area contributed by atoms with Gasteiger partial charge in [-0.15, -0.1) is 0 Å². The van der Waals surface area contributed by atoms with Crippen LogP contribution in [0.15, 0.2) is 30.5 Å². The van der Waals surface area contributed by atoms with E-state index in [4.69, 9.17) is 11.0 Å². The Morgan fingerprint density at radius 3 is 2.57 bits per heavy atom. The van der Waals surface area contributed by atoms with Gasteiger partial charge in [-0.2, -0.15) is 15.0 Å². The molecular weight excluding hydrogens is 288 g/mol.